The van der Waals surface area contributed by atoms with E-state index in [1.165, 1.54) is 16.7 Å². The summed E-state index contributed by atoms with van der Waals surface area (Å²) in [4.78, 5) is 14.1. The van der Waals surface area contributed by atoms with Crippen molar-refractivity contribution in [3.05, 3.63) is 69.2 Å². The summed E-state index contributed by atoms with van der Waals surface area (Å²) in [6, 6.07) is 14.1. The molecule has 0 radical (unpaired) electrons. The Balaban J connectivity index is 2.17. The fourth-order valence-corrected chi connectivity index (χ4v) is 4.31. The normalized spacial score (nSPS) is 19.6. The van der Waals surface area contributed by atoms with Crippen molar-refractivity contribution in [1.29, 1.82) is 0 Å². The Hall–Kier alpha value is -1.65. The van der Waals surface area contributed by atoms with Crippen LogP contribution in [0.2, 0.25) is 0 Å². The monoisotopic (exact) mass is 401 g/mol. The molecule has 0 aromatic heterocycles. The zero-order chi connectivity index (χ0) is 18.0. The van der Waals surface area contributed by atoms with E-state index in [1.54, 1.807) is 0 Å². The van der Waals surface area contributed by atoms with E-state index >= 15 is 0 Å². The molecule has 1 saturated heterocycles. The molecule has 0 aliphatic carbocycles. The van der Waals surface area contributed by atoms with Crippen LogP contribution in [0.3, 0.4) is 0 Å². The largest absolute Gasteiger partial charge is 0.480 e. The van der Waals surface area contributed by atoms with Gasteiger partial charge in [-0.1, -0.05) is 64.3 Å². The second kappa shape index (κ2) is 7.71. The standard InChI is InChI=1S/C21H24BrNO2/c1-14-10-11-15(2)17(13-14)20(16-7-3-4-8-18(16)22)23-12-6-5-9-19(23)21(24)25/h3-4,7-8,10-11,13,19-20H,5-6,9,12H2,1-2H3,(H,24,25). The summed E-state index contributed by atoms with van der Waals surface area (Å²) in [5, 5.41) is 9.79. The van der Waals surface area contributed by atoms with Gasteiger partial charge in [-0.25, -0.2) is 0 Å². The van der Waals surface area contributed by atoms with Crippen LogP contribution in [0.4, 0.5) is 0 Å². The van der Waals surface area contributed by atoms with Crippen LogP contribution in [0.5, 0.6) is 0 Å². The number of piperidine rings is 1. The van der Waals surface area contributed by atoms with Crippen molar-refractivity contribution in [2.75, 3.05) is 6.54 Å². The lowest BCUT2D eigenvalue weighted by Crippen LogP contribution is -2.47. The topological polar surface area (TPSA) is 40.5 Å². The van der Waals surface area contributed by atoms with E-state index in [0.717, 1.165) is 29.4 Å². The number of halogens is 1. The molecule has 2 unspecified atom stereocenters. The minimum atomic E-state index is -0.720. The molecule has 0 saturated carbocycles. The van der Waals surface area contributed by atoms with Crippen LogP contribution >= 0.6 is 15.9 Å². The Labute approximate surface area is 157 Å². The third-order valence-corrected chi connectivity index (χ3v) is 5.81. The zero-order valence-electron chi connectivity index (χ0n) is 14.7. The summed E-state index contributed by atoms with van der Waals surface area (Å²) in [5.41, 5.74) is 4.71. The summed E-state index contributed by atoms with van der Waals surface area (Å²) in [5.74, 6) is -0.720. The second-order valence-electron chi connectivity index (χ2n) is 6.87. The molecule has 3 rings (SSSR count). The van der Waals surface area contributed by atoms with E-state index in [2.05, 4.69) is 58.9 Å². The van der Waals surface area contributed by atoms with E-state index < -0.39 is 12.0 Å². The van der Waals surface area contributed by atoms with Gasteiger partial charge in [0.15, 0.2) is 0 Å². The molecule has 1 fully saturated rings. The summed E-state index contributed by atoms with van der Waals surface area (Å²) < 4.78 is 1.02. The molecule has 2 atom stereocenters. The van der Waals surface area contributed by atoms with Crippen LogP contribution in [-0.4, -0.2) is 28.6 Å². The molecule has 4 heteroatoms. The Morgan fingerprint density at radius 2 is 1.92 bits per heavy atom. The molecule has 3 nitrogen and oxygen atoms in total. The third kappa shape index (κ3) is 3.80. The van der Waals surface area contributed by atoms with Gasteiger partial charge in [0.1, 0.15) is 6.04 Å². The number of rotatable bonds is 4. The Morgan fingerprint density at radius 3 is 2.64 bits per heavy atom. The Bertz CT molecular complexity index is 774. The average molecular weight is 402 g/mol. The molecular weight excluding hydrogens is 378 g/mol. The predicted molar refractivity (Wildman–Crippen MR) is 104 cm³/mol. The van der Waals surface area contributed by atoms with Crippen LogP contribution in [0.1, 0.15) is 47.6 Å². The van der Waals surface area contributed by atoms with Crippen molar-refractivity contribution in [2.24, 2.45) is 0 Å². The first-order valence-electron chi connectivity index (χ1n) is 8.79. The molecule has 1 heterocycles. The number of carboxylic acid groups (broad SMARTS) is 1. The minimum Gasteiger partial charge on any atom is -0.480 e. The molecule has 25 heavy (non-hydrogen) atoms. The Morgan fingerprint density at radius 1 is 1.16 bits per heavy atom. The number of hydrogen-bond donors (Lipinski definition) is 1. The highest BCUT2D eigenvalue weighted by atomic mass is 79.9. The van der Waals surface area contributed by atoms with Gasteiger partial charge in [0.05, 0.1) is 6.04 Å². The number of carbonyl (C=O) groups is 1. The van der Waals surface area contributed by atoms with Crippen molar-refractivity contribution in [1.82, 2.24) is 4.90 Å². The number of benzene rings is 2. The van der Waals surface area contributed by atoms with Crippen LogP contribution in [0.25, 0.3) is 0 Å². The third-order valence-electron chi connectivity index (χ3n) is 5.09. The summed E-state index contributed by atoms with van der Waals surface area (Å²) in [6.45, 7) is 5.00. The highest BCUT2D eigenvalue weighted by Crippen LogP contribution is 2.38. The fourth-order valence-electron chi connectivity index (χ4n) is 3.80. The summed E-state index contributed by atoms with van der Waals surface area (Å²) in [6.07, 6.45) is 2.72. The van der Waals surface area contributed by atoms with Crippen LogP contribution in [-0.2, 0) is 4.79 Å². The van der Waals surface area contributed by atoms with Gasteiger partial charge in [-0.2, -0.15) is 0 Å². The molecular formula is C21H24BrNO2. The van der Waals surface area contributed by atoms with E-state index in [1.807, 2.05) is 18.2 Å². The first kappa shape index (κ1) is 18.2. The summed E-state index contributed by atoms with van der Waals surface area (Å²) in [7, 11) is 0. The highest BCUT2D eigenvalue weighted by Gasteiger charge is 2.36. The van der Waals surface area contributed by atoms with Crippen molar-refractivity contribution < 1.29 is 9.90 Å². The highest BCUT2D eigenvalue weighted by molar-refractivity contribution is 9.10. The average Bonchev–Trinajstić information content (AvgIpc) is 2.60. The second-order valence-corrected chi connectivity index (χ2v) is 7.73. The Kier molecular flexibility index (Phi) is 5.60. The van der Waals surface area contributed by atoms with Crippen molar-refractivity contribution in [3.8, 4) is 0 Å². The SMILES string of the molecule is Cc1ccc(C)c(C(c2ccccc2Br)N2CCCCC2C(=O)O)c1. The van der Waals surface area contributed by atoms with Crippen LogP contribution in [0, 0.1) is 13.8 Å². The number of hydrogen-bond acceptors (Lipinski definition) is 2. The van der Waals surface area contributed by atoms with Gasteiger partial charge in [0.2, 0.25) is 0 Å². The van der Waals surface area contributed by atoms with Gasteiger partial charge in [0.25, 0.3) is 0 Å². The fraction of sp³-hybridized carbons (Fsp3) is 0.381. The maximum atomic E-state index is 11.9. The van der Waals surface area contributed by atoms with Crippen LogP contribution in [0.15, 0.2) is 46.9 Å². The lowest BCUT2D eigenvalue weighted by molar-refractivity contribution is -0.145. The number of aryl methyl sites for hydroxylation is 2. The van der Waals surface area contributed by atoms with E-state index in [-0.39, 0.29) is 6.04 Å². The number of nitrogens with zero attached hydrogens (tertiary/aromatic N) is 1. The van der Waals surface area contributed by atoms with Gasteiger partial charge in [-0.05, 0) is 56.0 Å². The molecule has 0 spiro atoms. The maximum Gasteiger partial charge on any atom is 0.320 e. The molecule has 132 valence electrons. The van der Waals surface area contributed by atoms with Gasteiger partial charge in [0, 0.05) is 4.47 Å². The number of likely N-dealkylation sites (tertiary alicyclic amines) is 1. The van der Waals surface area contributed by atoms with Gasteiger partial charge >= 0.3 is 5.97 Å². The van der Waals surface area contributed by atoms with Gasteiger partial charge in [-0.3, -0.25) is 9.69 Å². The minimum absolute atomic E-state index is 0.0584. The molecule has 1 N–H and O–H groups in total. The van der Waals surface area contributed by atoms with E-state index in [9.17, 15) is 9.90 Å². The maximum absolute atomic E-state index is 11.9. The van der Waals surface area contributed by atoms with E-state index in [4.69, 9.17) is 0 Å². The molecule has 0 bridgehead atoms. The van der Waals surface area contributed by atoms with Crippen molar-refractivity contribution >= 4 is 21.9 Å². The predicted octanol–water partition coefficient (Wildman–Crippen LogP) is 5.09. The molecule has 2 aromatic rings. The molecule has 1 aliphatic heterocycles. The lowest BCUT2D eigenvalue weighted by atomic mass is 9.89. The number of aliphatic carboxylic acids is 1. The van der Waals surface area contributed by atoms with E-state index in [0.29, 0.717) is 6.42 Å². The molecule has 2 aromatic carbocycles. The molecule has 0 amide bonds. The smallest absolute Gasteiger partial charge is 0.320 e. The van der Waals surface area contributed by atoms with Gasteiger partial charge < -0.3 is 5.11 Å². The number of carboxylic acids is 1. The summed E-state index contributed by atoms with van der Waals surface area (Å²) >= 11 is 3.69. The first-order valence-corrected chi connectivity index (χ1v) is 9.58. The lowest BCUT2D eigenvalue weighted by Gasteiger charge is -2.40. The quantitative estimate of drug-likeness (QED) is 0.774. The first-order chi connectivity index (χ1) is 12.0. The van der Waals surface area contributed by atoms with Crippen molar-refractivity contribution in [2.45, 2.75) is 45.2 Å². The molecule has 1 aliphatic rings. The van der Waals surface area contributed by atoms with Crippen molar-refractivity contribution in [3.63, 3.8) is 0 Å². The van der Waals surface area contributed by atoms with Crippen LogP contribution < -0.4 is 0 Å². The zero-order valence-corrected chi connectivity index (χ0v) is 16.3. The van der Waals surface area contributed by atoms with Gasteiger partial charge in [-0.15, -0.1) is 0 Å².